The molecule has 0 saturated carbocycles. The average Bonchev–Trinajstić information content (AvgIpc) is 2.82. The SMILES string of the molecule is CCC(CCO)CNCc1c(C)nn(-c2ccc(Cl)cc2)c1C. The van der Waals surface area contributed by atoms with Gasteiger partial charge in [0.2, 0.25) is 0 Å². The molecule has 126 valence electrons. The smallest absolute Gasteiger partial charge is 0.0649 e. The molecular formula is C18H26ClN3O. The molecule has 2 aromatic rings. The molecule has 5 heteroatoms. The quantitative estimate of drug-likeness (QED) is 0.774. The number of hydrogen-bond donors (Lipinski definition) is 2. The normalized spacial score (nSPS) is 12.6. The van der Waals surface area contributed by atoms with E-state index in [0.29, 0.717) is 5.92 Å². The highest BCUT2D eigenvalue weighted by molar-refractivity contribution is 6.30. The third-order valence-corrected chi connectivity index (χ3v) is 4.61. The Morgan fingerprint density at radius 3 is 2.57 bits per heavy atom. The molecule has 0 bridgehead atoms. The van der Waals surface area contributed by atoms with Gasteiger partial charge in [-0.15, -0.1) is 0 Å². The van der Waals surface area contributed by atoms with Crippen LogP contribution in [0.4, 0.5) is 0 Å². The van der Waals surface area contributed by atoms with Crippen LogP contribution in [0, 0.1) is 19.8 Å². The minimum Gasteiger partial charge on any atom is -0.396 e. The maximum atomic E-state index is 9.07. The van der Waals surface area contributed by atoms with E-state index in [0.717, 1.165) is 48.0 Å². The Labute approximate surface area is 143 Å². The Bertz CT molecular complexity index is 622. The van der Waals surface area contributed by atoms with Gasteiger partial charge in [0.15, 0.2) is 0 Å². The zero-order valence-electron chi connectivity index (χ0n) is 14.1. The Morgan fingerprint density at radius 2 is 1.96 bits per heavy atom. The summed E-state index contributed by atoms with van der Waals surface area (Å²) in [5.41, 5.74) is 4.44. The molecule has 1 aromatic carbocycles. The summed E-state index contributed by atoms with van der Waals surface area (Å²) in [6, 6.07) is 7.72. The van der Waals surface area contributed by atoms with Crippen molar-refractivity contribution in [1.29, 1.82) is 0 Å². The van der Waals surface area contributed by atoms with Gasteiger partial charge >= 0.3 is 0 Å². The molecule has 0 spiro atoms. The van der Waals surface area contributed by atoms with E-state index >= 15 is 0 Å². The second-order valence-corrected chi connectivity index (χ2v) is 6.39. The fraction of sp³-hybridized carbons (Fsp3) is 0.500. The first-order valence-electron chi connectivity index (χ1n) is 8.19. The molecule has 1 atom stereocenters. The van der Waals surface area contributed by atoms with Crippen molar-refractivity contribution in [2.24, 2.45) is 5.92 Å². The fourth-order valence-electron chi connectivity index (χ4n) is 2.80. The summed E-state index contributed by atoms with van der Waals surface area (Å²) in [7, 11) is 0. The molecule has 1 heterocycles. The number of nitrogens with one attached hydrogen (secondary N) is 1. The van der Waals surface area contributed by atoms with Crippen molar-refractivity contribution < 1.29 is 5.11 Å². The van der Waals surface area contributed by atoms with E-state index in [1.165, 1.54) is 5.56 Å². The molecule has 2 N–H and O–H groups in total. The Hall–Kier alpha value is -1.36. The van der Waals surface area contributed by atoms with E-state index in [1.54, 1.807) is 0 Å². The topological polar surface area (TPSA) is 50.1 Å². The lowest BCUT2D eigenvalue weighted by atomic mass is 10.0. The summed E-state index contributed by atoms with van der Waals surface area (Å²) >= 11 is 5.96. The zero-order chi connectivity index (χ0) is 16.8. The van der Waals surface area contributed by atoms with E-state index in [9.17, 15) is 0 Å². The van der Waals surface area contributed by atoms with Crippen LogP contribution in [0.1, 0.15) is 36.7 Å². The van der Waals surface area contributed by atoms with Gasteiger partial charge in [0.05, 0.1) is 11.4 Å². The Balaban J connectivity index is 2.07. The molecule has 1 unspecified atom stereocenters. The van der Waals surface area contributed by atoms with Crippen LogP contribution < -0.4 is 5.32 Å². The lowest BCUT2D eigenvalue weighted by Crippen LogP contribution is -2.23. The second-order valence-electron chi connectivity index (χ2n) is 5.96. The Morgan fingerprint density at radius 1 is 1.26 bits per heavy atom. The van der Waals surface area contributed by atoms with E-state index in [2.05, 4.69) is 24.3 Å². The zero-order valence-corrected chi connectivity index (χ0v) is 14.9. The molecule has 0 amide bonds. The van der Waals surface area contributed by atoms with Crippen molar-refractivity contribution in [2.75, 3.05) is 13.2 Å². The maximum absolute atomic E-state index is 9.07. The van der Waals surface area contributed by atoms with E-state index in [4.69, 9.17) is 16.7 Å². The molecule has 4 nitrogen and oxygen atoms in total. The van der Waals surface area contributed by atoms with Gasteiger partial charge in [0, 0.05) is 29.4 Å². The molecular weight excluding hydrogens is 310 g/mol. The van der Waals surface area contributed by atoms with Crippen molar-refractivity contribution in [3.05, 3.63) is 46.2 Å². The number of nitrogens with zero attached hydrogens (tertiary/aromatic N) is 2. The van der Waals surface area contributed by atoms with E-state index < -0.39 is 0 Å². The van der Waals surface area contributed by atoms with Crippen LogP contribution in [0.15, 0.2) is 24.3 Å². The highest BCUT2D eigenvalue weighted by Crippen LogP contribution is 2.19. The van der Waals surface area contributed by atoms with Gasteiger partial charge in [0.1, 0.15) is 0 Å². The summed E-state index contributed by atoms with van der Waals surface area (Å²) in [5, 5.41) is 18.0. The van der Waals surface area contributed by atoms with Crippen LogP contribution in [-0.4, -0.2) is 28.0 Å². The molecule has 0 aliphatic carbocycles. The number of aliphatic hydroxyl groups is 1. The monoisotopic (exact) mass is 335 g/mol. The third kappa shape index (κ3) is 4.56. The van der Waals surface area contributed by atoms with Crippen molar-refractivity contribution >= 4 is 11.6 Å². The third-order valence-electron chi connectivity index (χ3n) is 4.36. The number of aliphatic hydroxyl groups excluding tert-OH is 1. The van der Waals surface area contributed by atoms with Crippen molar-refractivity contribution in [1.82, 2.24) is 15.1 Å². The van der Waals surface area contributed by atoms with Crippen LogP contribution in [0.5, 0.6) is 0 Å². The van der Waals surface area contributed by atoms with Gasteiger partial charge < -0.3 is 10.4 Å². The van der Waals surface area contributed by atoms with Gasteiger partial charge in [-0.05, 0) is 57.0 Å². The highest BCUT2D eigenvalue weighted by atomic mass is 35.5. The van der Waals surface area contributed by atoms with Crippen LogP contribution in [0.2, 0.25) is 5.02 Å². The molecule has 0 aliphatic rings. The number of aromatic nitrogens is 2. The van der Waals surface area contributed by atoms with Crippen LogP contribution in [0.25, 0.3) is 5.69 Å². The van der Waals surface area contributed by atoms with Crippen molar-refractivity contribution in [3.8, 4) is 5.69 Å². The molecule has 0 fully saturated rings. The van der Waals surface area contributed by atoms with E-state index in [-0.39, 0.29) is 6.61 Å². The number of hydrogen-bond acceptors (Lipinski definition) is 3. The number of halogens is 1. The summed E-state index contributed by atoms with van der Waals surface area (Å²) < 4.78 is 1.97. The van der Waals surface area contributed by atoms with Crippen molar-refractivity contribution in [2.45, 2.75) is 40.2 Å². The van der Waals surface area contributed by atoms with E-state index in [1.807, 2.05) is 35.9 Å². The van der Waals surface area contributed by atoms with Crippen LogP contribution in [-0.2, 0) is 6.54 Å². The first-order valence-corrected chi connectivity index (χ1v) is 8.57. The first kappa shape index (κ1) is 18.0. The summed E-state index contributed by atoms with van der Waals surface area (Å²) in [6.07, 6.45) is 1.93. The van der Waals surface area contributed by atoms with Gasteiger partial charge in [-0.2, -0.15) is 5.10 Å². The second kappa shape index (κ2) is 8.48. The molecule has 2 rings (SSSR count). The summed E-state index contributed by atoms with van der Waals surface area (Å²) in [5.74, 6) is 0.520. The number of aryl methyl sites for hydroxylation is 1. The predicted octanol–water partition coefficient (Wildman–Crippen LogP) is 3.64. The molecule has 0 saturated heterocycles. The summed E-state index contributed by atoms with van der Waals surface area (Å²) in [4.78, 5) is 0. The van der Waals surface area contributed by atoms with Crippen LogP contribution in [0.3, 0.4) is 0 Å². The highest BCUT2D eigenvalue weighted by Gasteiger charge is 2.13. The fourth-order valence-corrected chi connectivity index (χ4v) is 2.92. The maximum Gasteiger partial charge on any atom is 0.0649 e. The number of benzene rings is 1. The predicted molar refractivity (Wildman–Crippen MR) is 95.2 cm³/mol. The number of rotatable bonds is 8. The minimum absolute atomic E-state index is 0.257. The lowest BCUT2D eigenvalue weighted by molar-refractivity contribution is 0.251. The largest absolute Gasteiger partial charge is 0.396 e. The summed E-state index contributed by atoms with van der Waals surface area (Å²) in [6.45, 7) is 8.27. The molecule has 1 aromatic heterocycles. The van der Waals surface area contributed by atoms with Crippen molar-refractivity contribution in [3.63, 3.8) is 0 Å². The standard InChI is InChI=1S/C18H26ClN3O/c1-4-15(9-10-23)11-20-12-18-13(2)21-22(14(18)3)17-7-5-16(19)6-8-17/h5-8,15,20,23H,4,9-12H2,1-3H3. The van der Waals surface area contributed by atoms with Gasteiger partial charge in [-0.25, -0.2) is 4.68 Å². The molecule has 0 aliphatic heterocycles. The molecule has 0 radical (unpaired) electrons. The Kier molecular flexibility index (Phi) is 6.63. The minimum atomic E-state index is 0.257. The van der Waals surface area contributed by atoms with Gasteiger partial charge in [-0.1, -0.05) is 24.9 Å². The average molecular weight is 336 g/mol. The first-order chi connectivity index (χ1) is 11.1. The van der Waals surface area contributed by atoms with Gasteiger partial charge in [0.25, 0.3) is 0 Å². The van der Waals surface area contributed by atoms with Crippen LogP contribution >= 0.6 is 11.6 Å². The van der Waals surface area contributed by atoms with Gasteiger partial charge in [-0.3, -0.25) is 0 Å². The molecule has 23 heavy (non-hydrogen) atoms. The lowest BCUT2D eigenvalue weighted by Gasteiger charge is -2.14.